The van der Waals surface area contributed by atoms with Gasteiger partial charge >= 0.3 is 6.09 Å². The summed E-state index contributed by atoms with van der Waals surface area (Å²) in [4.78, 5) is 41.2. The molecule has 8 nitrogen and oxygen atoms in total. The van der Waals surface area contributed by atoms with E-state index in [4.69, 9.17) is 4.74 Å². The molecular weight excluding hydrogens is 478 g/mol. The molecule has 2 rings (SSSR count). The average molecular weight is 516 g/mol. The number of nitrogens with one attached hydrogen (secondary N) is 2. The van der Waals surface area contributed by atoms with Crippen LogP contribution in [0.5, 0.6) is 5.75 Å². The number of thioether (sulfide) groups is 1. The normalized spacial score (nSPS) is 12.8. The highest BCUT2D eigenvalue weighted by Gasteiger charge is 2.36. The molecule has 3 amide bonds. The number of ether oxygens (including phenoxy) is 1. The number of hydrogen-bond acceptors (Lipinski definition) is 6. The van der Waals surface area contributed by atoms with E-state index in [-0.39, 0.29) is 18.8 Å². The summed E-state index contributed by atoms with van der Waals surface area (Å²) in [5.41, 5.74) is 0.483. The second kappa shape index (κ2) is 13.8. The van der Waals surface area contributed by atoms with E-state index in [0.29, 0.717) is 17.7 Å². The largest absolute Gasteiger partial charge is 0.508 e. The molecule has 2 unspecified atom stereocenters. The molecule has 36 heavy (non-hydrogen) atoms. The highest BCUT2D eigenvalue weighted by Crippen LogP contribution is 2.30. The van der Waals surface area contributed by atoms with Crippen molar-refractivity contribution in [1.29, 1.82) is 0 Å². The fourth-order valence-electron chi connectivity index (χ4n) is 3.66. The van der Waals surface area contributed by atoms with Gasteiger partial charge in [0.05, 0.1) is 0 Å². The van der Waals surface area contributed by atoms with Crippen molar-refractivity contribution in [3.8, 4) is 5.75 Å². The van der Waals surface area contributed by atoms with Crippen LogP contribution in [0.1, 0.15) is 51.3 Å². The van der Waals surface area contributed by atoms with Crippen LogP contribution in [0.3, 0.4) is 0 Å². The minimum absolute atomic E-state index is 0.0932. The topological polar surface area (TPSA) is 108 Å². The summed E-state index contributed by atoms with van der Waals surface area (Å²) in [5, 5.41) is 16.2. The number of benzene rings is 2. The van der Waals surface area contributed by atoms with Crippen LogP contribution < -0.4 is 10.6 Å². The number of nitrogens with zero attached hydrogens (tertiary/aromatic N) is 1. The van der Waals surface area contributed by atoms with Gasteiger partial charge < -0.3 is 25.4 Å². The Hall–Kier alpha value is -3.20. The lowest BCUT2D eigenvalue weighted by Gasteiger charge is -2.34. The molecule has 0 fully saturated rings. The van der Waals surface area contributed by atoms with Gasteiger partial charge in [-0.3, -0.25) is 9.59 Å². The van der Waals surface area contributed by atoms with Crippen molar-refractivity contribution in [3.63, 3.8) is 0 Å². The fourth-order valence-corrected chi connectivity index (χ4v) is 4.13. The Morgan fingerprint density at radius 3 is 2.28 bits per heavy atom. The smallest absolute Gasteiger partial charge is 0.408 e. The van der Waals surface area contributed by atoms with Crippen LogP contribution in [0.15, 0.2) is 54.6 Å². The predicted molar refractivity (Wildman–Crippen MR) is 143 cm³/mol. The highest BCUT2D eigenvalue weighted by atomic mass is 32.2. The van der Waals surface area contributed by atoms with Crippen molar-refractivity contribution >= 4 is 29.7 Å². The van der Waals surface area contributed by atoms with Gasteiger partial charge in [0, 0.05) is 18.7 Å². The third-order valence-corrected chi connectivity index (χ3v) is 5.97. The maximum Gasteiger partial charge on any atom is 0.408 e. The third kappa shape index (κ3) is 8.78. The van der Waals surface area contributed by atoms with Crippen LogP contribution in [-0.2, 0) is 20.9 Å². The summed E-state index contributed by atoms with van der Waals surface area (Å²) < 4.78 is 5.36. The molecule has 2 atom stereocenters. The molecule has 0 aliphatic heterocycles. The van der Waals surface area contributed by atoms with Gasteiger partial charge in [-0.1, -0.05) is 48.5 Å². The lowest BCUT2D eigenvalue weighted by molar-refractivity contribution is -0.142. The number of phenolic OH excluding ortho intramolecular Hbond substituents is 1. The minimum atomic E-state index is -1.09. The average Bonchev–Trinajstić information content (AvgIpc) is 2.83. The zero-order valence-electron chi connectivity index (χ0n) is 21.6. The summed E-state index contributed by atoms with van der Waals surface area (Å²) in [6, 6.07) is 13.9. The summed E-state index contributed by atoms with van der Waals surface area (Å²) in [6.07, 6.45) is 1.56. The van der Waals surface area contributed by atoms with Crippen molar-refractivity contribution in [3.05, 3.63) is 65.7 Å². The number of rotatable bonds is 11. The van der Waals surface area contributed by atoms with E-state index in [9.17, 15) is 19.5 Å². The van der Waals surface area contributed by atoms with E-state index < -0.39 is 35.6 Å². The first-order chi connectivity index (χ1) is 17.1. The van der Waals surface area contributed by atoms with E-state index in [1.54, 1.807) is 57.7 Å². The van der Waals surface area contributed by atoms with E-state index in [1.807, 2.05) is 36.6 Å². The van der Waals surface area contributed by atoms with Gasteiger partial charge in [0.25, 0.3) is 0 Å². The zero-order valence-corrected chi connectivity index (χ0v) is 22.4. The number of phenols is 1. The molecule has 0 aliphatic carbocycles. The summed E-state index contributed by atoms with van der Waals surface area (Å²) >= 11 is 1.54. The second-order valence-electron chi connectivity index (χ2n) is 9.27. The molecule has 0 saturated heterocycles. The van der Waals surface area contributed by atoms with E-state index in [0.717, 1.165) is 5.56 Å². The SMILES string of the molecule is CCN(C(=O)C(CCSC)NC(=O)OC(C)(C)C)C(C(=O)NCc1ccccc1)c1ccccc1O. The molecule has 0 aromatic heterocycles. The molecule has 0 heterocycles. The summed E-state index contributed by atoms with van der Waals surface area (Å²) in [5.74, 6) is -0.341. The first-order valence-corrected chi connectivity index (χ1v) is 13.3. The van der Waals surface area contributed by atoms with Gasteiger partial charge in [-0.25, -0.2) is 4.79 Å². The number of likely N-dealkylation sites (N-methyl/N-ethyl adjacent to an activating group) is 1. The van der Waals surface area contributed by atoms with Gasteiger partial charge in [0.15, 0.2) is 0 Å². The monoisotopic (exact) mass is 515 g/mol. The van der Waals surface area contributed by atoms with Gasteiger partial charge in [-0.2, -0.15) is 11.8 Å². The number of carbonyl (C=O) groups is 3. The Bertz CT molecular complexity index is 1010. The summed E-state index contributed by atoms with van der Waals surface area (Å²) in [6.45, 7) is 7.44. The summed E-state index contributed by atoms with van der Waals surface area (Å²) in [7, 11) is 0. The molecular formula is C27H37N3O5S. The standard InChI is InChI=1S/C27H37N3O5S/c1-6-30(25(33)21(16-17-36-5)29-26(34)35-27(2,3)4)23(20-14-10-11-15-22(20)31)24(32)28-18-19-12-8-7-9-13-19/h7-15,21,23,31H,6,16-18H2,1-5H3,(H,28,32)(H,29,34). The molecule has 9 heteroatoms. The Morgan fingerprint density at radius 2 is 1.69 bits per heavy atom. The van der Waals surface area contributed by atoms with Crippen LogP contribution in [0.25, 0.3) is 0 Å². The Kier molecular flexibility index (Phi) is 11.1. The number of amides is 3. The molecule has 0 radical (unpaired) electrons. The highest BCUT2D eigenvalue weighted by molar-refractivity contribution is 7.98. The third-order valence-electron chi connectivity index (χ3n) is 5.32. The van der Waals surface area contributed by atoms with Crippen LogP contribution in [0.2, 0.25) is 0 Å². The fraction of sp³-hybridized carbons (Fsp3) is 0.444. The molecule has 0 aliphatic rings. The molecule has 2 aromatic rings. The van der Waals surface area contributed by atoms with Crippen molar-refractivity contribution in [2.75, 3.05) is 18.6 Å². The molecule has 0 saturated carbocycles. The lowest BCUT2D eigenvalue weighted by Crippen LogP contribution is -2.53. The molecule has 0 spiro atoms. The van der Waals surface area contributed by atoms with E-state index >= 15 is 0 Å². The molecule has 2 aromatic carbocycles. The van der Waals surface area contributed by atoms with Gasteiger partial charge in [-0.05, 0) is 57.8 Å². The Labute approximate surface area is 217 Å². The van der Waals surface area contributed by atoms with Crippen molar-refractivity contribution in [2.45, 2.75) is 58.3 Å². The van der Waals surface area contributed by atoms with E-state index in [1.165, 1.54) is 11.0 Å². The maximum absolute atomic E-state index is 13.8. The van der Waals surface area contributed by atoms with Crippen molar-refractivity contribution < 1.29 is 24.2 Å². The van der Waals surface area contributed by atoms with Crippen LogP contribution >= 0.6 is 11.8 Å². The number of aromatic hydroxyl groups is 1. The first kappa shape index (κ1) is 29.0. The molecule has 0 bridgehead atoms. The second-order valence-corrected chi connectivity index (χ2v) is 10.3. The quantitative estimate of drug-likeness (QED) is 0.413. The minimum Gasteiger partial charge on any atom is -0.508 e. The number of para-hydroxylation sites is 1. The van der Waals surface area contributed by atoms with Crippen molar-refractivity contribution in [1.82, 2.24) is 15.5 Å². The van der Waals surface area contributed by atoms with Gasteiger partial charge in [0.2, 0.25) is 11.8 Å². The number of hydrogen-bond donors (Lipinski definition) is 3. The van der Waals surface area contributed by atoms with Crippen LogP contribution in [0.4, 0.5) is 4.79 Å². The Morgan fingerprint density at radius 1 is 1.06 bits per heavy atom. The van der Waals surface area contributed by atoms with Crippen LogP contribution in [0, 0.1) is 0 Å². The lowest BCUT2D eigenvalue weighted by atomic mass is 10.0. The number of carbonyl (C=O) groups excluding carboxylic acids is 3. The maximum atomic E-state index is 13.8. The zero-order chi connectivity index (χ0) is 26.7. The van der Waals surface area contributed by atoms with Crippen LogP contribution in [-0.4, -0.2) is 58.1 Å². The number of alkyl carbamates (subject to hydrolysis) is 1. The van der Waals surface area contributed by atoms with Crippen molar-refractivity contribution in [2.24, 2.45) is 0 Å². The van der Waals surface area contributed by atoms with E-state index in [2.05, 4.69) is 10.6 Å². The molecule has 3 N–H and O–H groups in total. The Balaban J connectivity index is 2.36. The van der Waals surface area contributed by atoms with Gasteiger partial charge in [-0.15, -0.1) is 0 Å². The van der Waals surface area contributed by atoms with Gasteiger partial charge in [0.1, 0.15) is 23.4 Å². The molecule has 196 valence electrons. The predicted octanol–water partition coefficient (Wildman–Crippen LogP) is 4.24. The first-order valence-electron chi connectivity index (χ1n) is 12.0.